The van der Waals surface area contributed by atoms with Gasteiger partial charge in [-0.1, -0.05) is 6.42 Å². The lowest BCUT2D eigenvalue weighted by molar-refractivity contribution is 0.0370. The molecule has 1 aliphatic heterocycles. The van der Waals surface area contributed by atoms with E-state index in [1.54, 1.807) is 18.2 Å². The second-order valence-electron chi connectivity index (χ2n) is 5.37. The third-order valence-corrected chi connectivity index (χ3v) is 3.66. The van der Waals surface area contributed by atoms with Crippen molar-refractivity contribution in [2.24, 2.45) is 0 Å². The van der Waals surface area contributed by atoms with Crippen LogP contribution in [0.2, 0.25) is 0 Å². The van der Waals surface area contributed by atoms with E-state index in [1.807, 2.05) is 5.01 Å². The fourth-order valence-corrected chi connectivity index (χ4v) is 2.63. The highest BCUT2D eigenvalue weighted by Gasteiger charge is 2.26. The summed E-state index contributed by atoms with van der Waals surface area (Å²) in [4.78, 5) is 12.2. The highest BCUT2D eigenvalue weighted by atomic mass is 16.2. The van der Waals surface area contributed by atoms with Crippen molar-refractivity contribution in [2.75, 3.05) is 11.5 Å². The van der Waals surface area contributed by atoms with Gasteiger partial charge in [0.25, 0.3) is 5.91 Å². The molecule has 1 aromatic rings. The van der Waals surface area contributed by atoms with Crippen LogP contribution in [0.3, 0.4) is 0 Å². The molecule has 0 saturated carbocycles. The fourth-order valence-electron chi connectivity index (χ4n) is 2.63. The van der Waals surface area contributed by atoms with Gasteiger partial charge in [0.05, 0.1) is 0 Å². The molecule has 1 fully saturated rings. The maximum absolute atomic E-state index is 12.2. The maximum Gasteiger partial charge on any atom is 0.265 e. The predicted molar refractivity (Wildman–Crippen MR) is 77.3 cm³/mol. The molecule has 5 N–H and O–H groups in total. The lowest BCUT2D eigenvalue weighted by Crippen LogP contribution is -2.54. The van der Waals surface area contributed by atoms with Crippen LogP contribution in [-0.2, 0) is 0 Å². The number of nitrogens with one attached hydrogen (secondary N) is 1. The lowest BCUT2D eigenvalue weighted by atomic mass is 10.00. The van der Waals surface area contributed by atoms with Crippen molar-refractivity contribution in [3.8, 4) is 0 Å². The SMILES string of the molecule is CC1CCCC(C)N1NC(=O)c1cc(N)cc(N)c1. The fraction of sp³-hybridized carbons (Fsp3) is 0.500. The number of carbonyl (C=O) groups is 1. The van der Waals surface area contributed by atoms with Crippen molar-refractivity contribution in [2.45, 2.75) is 45.2 Å². The molecule has 2 unspecified atom stereocenters. The molecule has 0 bridgehead atoms. The number of rotatable bonds is 2. The first kappa shape index (κ1) is 13.7. The van der Waals surface area contributed by atoms with Gasteiger partial charge in [-0.15, -0.1) is 0 Å². The van der Waals surface area contributed by atoms with E-state index >= 15 is 0 Å². The van der Waals surface area contributed by atoms with Gasteiger partial charge < -0.3 is 11.5 Å². The Morgan fingerprint density at radius 2 is 1.68 bits per heavy atom. The summed E-state index contributed by atoms with van der Waals surface area (Å²) in [5.41, 5.74) is 15.9. The van der Waals surface area contributed by atoms with Gasteiger partial charge in [0, 0.05) is 29.0 Å². The minimum absolute atomic E-state index is 0.153. The van der Waals surface area contributed by atoms with Crippen LogP contribution in [-0.4, -0.2) is 23.0 Å². The summed E-state index contributed by atoms with van der Waals surface area (Å²) in [5, 5.41) is 2.03. The van der Waals surface area contributed by atoms with Crippen LogP contribution in [0.1, 0.15) is 43.5 Å². The van der Waals surface area contributed by atoms with Crippen molar-refractivity contribution < 1.29 is 4.79 Å². The maximum atomic E-state index is 12.2. The molecular formula is C14H22N4O. The number of hydrogen-bond acceptors (Lipinski definition) is 4. The van der Waals surface area contributed by atoms with Crippen LogP contribution >= 0.6 is 0 Å². The van der Waals surface area contributed by atoms with Crippen LogP contribution in [0.4, 0.5) is 11.4 Å². The third kappa shape index (κ3) is 3.17. The number of piperidine rings is 1. The molecule has 104 valence electrons. The summed E-state index contributed by atoms with van der Waals surface area (Å²) in [6, 6.07) is 5.64. The summed E-state index contributed by atoms with van der Waals surface area (Å²) in [7, 11) is 0. The van der Waals surface area contributed by atoms with E-state index in [0.29, 0.717) is 29.0 Å². The Hall–Kier alpha value is -1.75. The van der Waals surface area contributed by atoms with Gasteiger partial charge in [-0.3, -0.25) is 10.2 Å². The quantitative estimate of drug-likeness (QED) is 0.709. The molecule has 19 heavy (non-hydrogen) atoms. The largest absolute Gasteiger partial charge is 0.399 e. The van der Waals surface area contributed by atoms with Crippen LogP contribution < -0.4 is 16.9 Å². The average Bonchev–Trinajstić information content (AvgIpc) is 2.32. The Morgan fingerprint density at radius 3 is 2.21 bits per heavy atom. The molecule has 1 amide bonds. The Balaban J connectivity index is 2.11. The molecule has 1 saturated heterocycles. The topological polar surface area (TPSA) is 84.4 Å². The summed E-state index contributed by atoms with van der Waals surface area (Å²) < 4.78 is 0. The number of benzene rings is 1. The molecule has 5 nitrogen and oxygen atoms in total. The number of nitrogen functional groups attached to an aromatic ring is 2. The van der Waals surface area contributed by atoms with Crippen LogP contribution in [0.5, 0.6) is 0 Å². The van der Waals surface area contributed by atoms with E-state index in [2.05, 4.69) is 19.3 Å². The molecule has 0 aromatic heterocycles. The third-order valence-electron chi connectivity index (χ3n) is 3.66. The first-order valence-electron chi connectivity index (χ1n) is 6.72. The molecule has 1 heterocycles. The number of nitrogens with two attached hydrogens (primary N) is 2. The molecule has 0 spiro atoms. The van der Waals surface area contributed by atoms with Crippen LogP contribution in [0.15, 0.2) is 18.2 Å². The Morgan fingerprint density at radius 1 is 1.16 bits per heavy atom. The molecule has 0 radical (unpaired) electrons. The van der Waals surface area contributed by atoms with E-state index < -0.39 is 0 Å². The van der Waals surface area contributed by atoms with Crippen molar-refractivity contribution >= 4 is 17.3 Å². The first-order valence-corrected chi connectivity index (χ1v) is 6.72. The lowest BCUT2D eigenvalue weighted by Gasteiger charge is -2.38. The summed E-state index contributed by atoms with van der Waals surface area (Å²) >= 11 is 0. The minimum Gasteiger partial charge on any atom is -0.399 e. The monoisotopic (exact) mass is 262 g/mol. The number of amides is 1. The van der Waals surface area contributed by atoms with Crippen LogP contribution in [0.25, 0.3) is 0 Å². The molecule has 5 heteroatoms. The van der Waals surface area contributed by atoms with Gasteiger partial charge in [-0.25, -0.2) is 5.01 Å². The number of nitrogens with zero attached hydrogens (tertiary/aromatic N) is 1. The first-order chi connectivity index (χ1) is 8.97. The van der Waals surface area contributed by atoms with Crippen LogP contribution in [0, 0.1) is 0 Å². The zero-order valence-electron chi connectivity index (χ0n) is 11.5. The smallest absolute Gasteiger partial charge is 0.265 e. The van der Waals surface area contributed by atoms with Crippen molar-refractivity contribution in [1.29, 1.82) is 0 Å². The molecule has 1 aliphatic rings. The highest BCUT2D eigenvalue weighted by molar-refractivity contribution is 5.95. The second kappa shape index (κ2) is 5.48. The zero-order chi connectivity index (χ0) is 14.0. The van der Waals surface area contributed by atoms with Gasteiger partial charge in [-0.2, -0.15) is 0 Å². The molecule has 2 rings (SSSR count). The van der Waals surface area contributed by atoms with Gasteiger partial charge in [0.15, 0.2) is 0 Å². The normalized spacial score (nSPS) is 24.1. The van der Waals surface area contributed by atoms with Gasteiger partial charge >= 0.3 is 0 Å². The van der Waals surface area contributed by atoms with Crippen molar-refractivity contribution in [1.82, 2.24) is 10.4 Å². The number of anilines is 2. The number of hydrogen-bond donors (Lipinski definition) is 3. The van der Waals surface area contributed by atoms with Crippen molar-refractivity contribution in [3.05, 3.63) is 23.8 Å². The molecule has 2 atom stereocenters. The average molecular weight is 262 g/mol. The van der Waals surface area contributed by atoms with E-state index in [-0.39, 0.29) is 5.91 Å². The Bertz CT molecular complexity index is 444. The molecular weight excluding hydrogens is 240 g/mol. The van der Waals surface area contributed by atoms with E-state index in [4.69, 9.17) is 11.5 Å². The van der Waals surface area contributed by atoms with E-state index in [1.165, 1.54) is 6.42 Å². The molecule has 0 aliphatic carbocycles. The highest BCUT2D eigenvalue weighted by Crippen LogP contribution is 2.21. The summed E-state index contributed by atoms with van der Waals surface area (Å²) in [5.74, 6) is -0.153. The standard InChI is InChI=1S/C14H22N4O/c1-9-4-3-5-10(2)18(9)17-14(19)11-6-12(15)8-13(16)7-11/h6-10H,3-5,15-16H2,1-2H3,(H,17,19). The summed E-state index contributed by atoms with van der Waals surface area (Å²) in [6.45, 7) is 4.26. The van der Waals surface area contributed by atoms with Gasteiger partial charge in [-0.05, 0) is 44.9 Å². The molecule has 1 aromatic carbocycles. The Labute approximate surface area is 113 Å². The Kier molecular flexibility index (Phi) is 3.95. The number of hydrazine groups is 1. The van der Waals surface area contributed by atoms with Gasteiger partial charge in [0.2, 0.25) is 0 Å². The van der Waals surface area contributed by atoms with Gasteiger partial charge in [0.1, 0.15) is 0 Å². The zero-order valence-corrected chi connectivity index (χ0v) is 11.5. The summed E-state index contributed by atoms with van der Waals surface area (Å²) in [6.07, 6.45) is 3.41. The predicted octanol–water partition coefficient (Wildman–Crippen LogP) is 1.76. The van der Waals surface area contributed by atoms with Crippen molar-refractivity contribution in [3.63, 3.8) is 0 Å². The minimum atomic E-state index is -0.153. The van der Waals surface area contributed by atoms with E-state index in [9.17, 15) is 4.79 Å². The number of carbonyl (C=O) groups excluding carboxylic acids is 1. The second-order valence-corrected chi connectivity index (χ2v) is 5.37. The van der Waals surface area contributed by atoms with E-state index in [0.717, 1.165) is 12.8 Å².